The minimum Gasteiger partial charge on any atom is -0.377 e. The van der Waals surface area contributed by atoms with Crippen molar-refractivity contribution in [2.75, 3.05) is 26.0 Å². The topological polar surface area (TPSA) is 64.4 Å². The zero-order chi connectivity index (χ0) is 13.9. The zero-order valence-electron chi connectivity index (χ0n) is 11.0. The highest BCUT2D eigenvalue weighted by Gasteiger charge is 2.27. The number of hydrogen-bond donors (Lipinski definition) is 0. The van der Waals surface area contributed by atoms with Crippen molar-refractivity contribution < 1.29 is 13.2 Å². The molecule has 0 saturated carbocycles. The summed E-state index contributed by atoms with van der Waals surface area (Å²) in [6.45, 7) is 6.07. The van der Waals surface area contributed by atoms with E-state index >= 15 is 0 Å². The molecule has 0 radical (unpaired) electrons. The first-order valence-corrected chi connectivity index (χ1v) is 8.00. The first kappa shape index (κ1) is 14.2. The van der Waals surface area contributed by atoms with Crippen LogP contribution in [0.1, 0.15) is 5.69 Å². The third-order valence-electron chi connectivity index (χ3n) is 3.09. The van der Waals surface area contributed by atoms with Gasteiger partial charge in [0, 0.05) is 25.2 Å². The van der Waals surface area contributed by atoms with Crippen LogP contribution in [0.4, 0.5) is 0 Å². The summed E-state index contributed by atoms with van der Waals surface area (Å²) in [5.41, 5.74) is 0.914. The molecule has 0 saturated heterocycles. The molecule has 0 aliphatic carbocycles. The first-order chi connectivity index (χ1) is 9.00. The lowest BCUT2D eigenvalue weighted by Gasteiger charge is -2.21. The molecule has 2 heterocycles. The molecule has 2 rings (SSSR count). The predicted octanol–water partition coefficient (Wildman–Crippen LogP) is 0.477. The maximum Gasteiger partial charge on any atom is 0.211 e. The van der Waals surface area contributed by atoms with Crippen LogP contribution < -0.4 is 0 Å². The van der Waals surface area contributed by atoms with Gasteiger partial charge in [-0.3, -0.25) is 4.68 Å². The summed E-state index contributed by atoms with van der Waals surface area (Å²) in [6, 6.07) is 1.85. The molecule has 0 N–H and O–H groups in total. The standard InChI is InChI=1S/C12H19N3O3S/c1-3-6-18-10-11-7-14(19(2,16)17)9-12-4-5-13-15(12)8-11/h3-5,11H,1,6-10H2,2H3/t11-/m1/s1. The number of ether oxygens (including phenoxy) is 1. The number of fused-ring (bicyclic) bond motifs is 1. The normalized spacial score (nSPS) is 20.8. The van der Waals surface area contributed by atoms with Gasteiger partial charge in [0.25, 0.3) is 0 Å². The van der Waals surface area contributed by atoms with Crippen LogP contribution in [0.15, 0.2) is 24.9 Å². The highest BCUT2D eigenvalue weighted by Crippen LogP contribution is 2.18. The fraction of sp³-hybridized carbons (Fsp3) is 0.583. The summed E-state index contributed by atoms with van der Waals surface area (Å²) in [5.74, 6) is 0.0934. The van der Waals surface area contributed by atoms with Gasteiger partial charge in [0.05, 0.1) is 31.7 Å². The summed E-state index contributed by atoms with van der Waals surface area (Å²) in [7, 11) is -3.22. The molecule has 19 heavy (non-hydrogen) atoms. The van der Waals surface area contributed by atoms with Crippen molar-refractivity contribution in [1.29, 1.82) is 0 Å². The van der Waals surface area contributed by atoms with Gasteiger partial charge in [0.1, 0.15) is 0 Å². The van der Waals surface area contributed by atoms with Crippen LogP contribution >= 0.6 is 0 Å². The van der Waals surface area contributed by atoms with Crippen molar-refractivity contribution >= 4 is 10.0 Å². The van der Waals surface area contributed by atoms with E-state index in [4.69, 9.17) is 4.74 Å². The van der Waals surface area contributed by atoms with Crippen molar-refractivity contribution in [3.63, 3.8) is 0 Å². The van der Waals surface area contributed by atoms with E-state index in [2.05, 4.69) is 11.7 Å². The van der Waals surface area contributed by atoms with Crippen LogP contribution in [0, 0.1) is 5.92 Å². The smallest absolute Gasteiger partial charge is 0.211 e. The molecular weight excluding hydrogens is 266 g/mol. The molecule has 0 spiro atoms. The van der Waals surface area contributed by atoms with Crippen LogP contribution in [-0.2, 0) is 27.8 Å². The van der Waals surface area contributed by atoms with E-state index in [9.17, 15) is 8.42 Å². The summed E-state index contributed by atoms with van der Waals surface area (Å²) in [6.07, 6.45) is 4.62. The van der Waals surface area contributed by atoms with E-state index in [0.29, 0.717) is 32.8 Å². The first-order valence-electron chi connectivity index (χ1n) is 6.15. The van der Waals surface area contributed by atoms with Crippen LogP contribution in [-0.4, -0.2) is 48.5 Å². The number of nitrogens with zero attached hydrogens (tertiary/aromatic N) is 3. The molecular formula is C12H19N3O3S. The third kappa shape index (κ3) is 3.65. The second kappa shape index (κ2) is 5.85. The van der Waals surface area contributed by atoms with Gasteiger partial charge in [-0.25, -0.2) is 8.42 Å². The Morgan fingerprint density at radius 1 is 1.58 bits per heavy atom. The van der Waals surface area contributed by atoms with E-state index < -0.39 is 10.0 Å². The number of rotatable bonds is 5. The summed E-state index contributed by atoms with van der Waals surface area (Å²) in [5, 5.41) is 4.23. The predicted molar refractivity (Wildman–Crippen MR) is 72.0 cm³/mol. The number of sulfonamides is 1. The number of aromatic nitrogens is 2. The molecule has 0 aromatic carbocycles. The lowest BCUT2D eigenvalue weighted by molar-refractivity contribution is 0.107. The van der Waals surface area contributed by atoms with Crippen LogP contribution in [0.25, 0.3) is 0 Å². The Morgan fingerprint density at radius 3 is 3.05 bits per heavy atom. The fourth-order valence-electron chi connectivity index (χ4n) is 2.17. The minimum atomic E-state index is -3.22. The Balaban J connectivity index is 2.15. The lowest BCUT2D eigenvalue weighted by atomic mass is 10.1. The van der Waals surface area contributed by atoms with Crippen LogP contribution in [0.2, 0.25) is 0 Å². The van der Waals surface area contributed by atoms with Crippen molar-refractivity contribution in [1.82, 2.24) is 14.1 Å². The molecule has 1 atom stereocenters. The summed E-state index contributed by atoms with van der Waals surface area (Å²) >= 11 is 0. The molecule has 0 bridgehead atoms. The van der Waals surface area contributed by atoms with Gasteiger partial charge < -0.3 is 4.74 Å². The Hall–Kier alpha value is -1.18. The molecule has 1 aromatic rings. The van der Waals surface area contributed by atoms with Gasteiger partial charge in [0.2, 0.25) is 10.0 Å². The molecule has 1 aromatic heterocycles. The highest BCUT2D eigenvalue weighted by molar-refractivity contribution is 7.88. The van der Waals surface area contributed by atoms with Gasteiger partial charge in [-0.05, 0) is 6.07 Å². The van der Waals surface area contributed by atoms with Crippen molar-refractivity contribution in [2.24, 2.45) is 5.92 Å². The average Bonchev–Trinajstić information content (AvgIpc) is 2.67. The molecule has 0 fully saturated rings. The maximum atomic E-state index is 11.8. The van der Waals surface area contributed by atoms with Crippen LogP contribution in [0.5, 0.6) is 0 Å². The molecule has 7 heteroatoms. The van der Waals surface area contributed by atoms with Gasteiger partial charge >= 0.3 is 0 Å². The van der Waals surface area contributed by atoms with Gasteiger partial charge in [-0.2, -0.15) is 9.40 Å². The van der Waals surface area contributed by atoms with Crippen LogP contribution in [0.3, 0.4) is 0 Å². The fourth-order valence-corrected chi connectivity index (χ4v) is 3.02. The lowest BCUT2D eigenvalue weighted by Crippen LogP contribution is -2.34. The SMILES string of the molecule is C=CCOC[C@@H]1CN(S(C)(=O)=O)Cc2ccnn2C1. The van der Waals surface area contributed by atoms with E-state index in [1.54, 1.807) is 12.3 Å². The van der Waals surface area contributed by atoms with E-state index in [-0.39, 0.29) is 5.92 Å². The summed E-state index contributed by atoms with van der Waals surface area (Å²) < 4.78 is 32.4. The Bertz CT molecular complexity index is 538. The minimum absolute atomic E-state index is 0.0934. The third-order valence-corrected chi connectivity index (χ3v) is 4.31. The molecule has 6 nitrogen and oxygen atoms in total. The van der Waals surface area contributed by atoms with E-state index in [1.165, 1.54) is 10.6 Å². The second-order valence-electron chi connectivity index (χ2n) is 4.75. The summed E-state index contributed by atoms with van der Waals surface area (Å²) in [4.78, 5) is 0. The molecule has 0 amide bonds. The Morgan fingerprint density at radius 2 is 2.37 bits per heavy atom. The van der Waals surface area contributed by atoms with Crippen molar-refractivity contribution in [3.8, 4) is 0 Å². The molecule has 0 unspecified atom stereocenters. The van der Waals surface area contributed by atoms with Gasteiger partial charge in [0.15, 0.2) is 0 Å². The van der Waals surface area contributed by atoms with Gasteiger partial charge in [-0.15, -0.1) is 6.58 Å². The maximum absolute atomic E-state index is 11.8. The molecule has 1 aliphatic heterocycles. The average molecular weight is 285 g/mol. The second-order valence-corrected chi connectivity index (χ2v) is 6.73. The Labute approximate surface area is 113 Å². The van der Waals surface area contributed by atoms with Gasteiger partial charge in [-0.1, -0.05) is 6.08 Å². The monoisotopic (exact) mass is 285 g/mol. The van der Waals surface area contributed by atoms with Crippen molar-refractivity contribution in [2.45, 2.75) is 13.1 Å². The zero-order valence-corrected chi connectivity index (χ0v) is 11.8. The van der Waals surface area contributed by atoms with E-state index in [0.717, 1.165) is 5.69 Å². The van der Waals surface area contributed by atoms with Crippen molar-refractivity contribution in [3.05, 3.63) is 30.6 Å². The number of hydrogen-bond acceptors (Lipinski definition) is 4. The largest absolute Gasteiger partial charge is 0.377 e. The molecule has 106 valence electrons. The highest BCUT2D eigenvalue weighted by atomic mass is 32.2. The molecule has 1 aliphatic rings. The quantitative estimate of drug-likeness (QED) is 0.583. The van der Waals surface area contributed by atoms with E-state index in [1.807, 2.05) is 10.7 Å². The Kier molecular flexibility index (Phi) is 4.38.